The number of nitrogens with one attached hydrogen (secondary N) is 2. The number of amides is 1. The lowest BCUT2D eigenvalue weighted by molar-refractivity contribution is -0.134. The van der Waals surface area contributed by atoms with Gasteiger partial charge in [-0.3, -0.25) is 14.4 Å². The molecule has 1 aliphatic rings. The van der Waals surface area contributed by atoms with E-state index < -0.39 is 11.8 Å². The second-order valence-corrected chi connectivity index (χ2v) is 6.37. The Hall–Kier alpha value is -2.70. The highest BCUT2D eigenvalue weighted by Crippen LogP contribution is 2.26. The van der Waals surface area contributed by atoms with E-state index in [2.05, 4.69) is 21.9 Å². The maximum absolute atomic E-state index is 11.7. The number of rotatable bonds is 5. The minimum atomic E-state index is -0.735. The molecule has 0 aromatic carbocycles. The van der Waals surface area contributed by atoms with Crippen molar-refractivity contribution >= 4 is 24.1 Å². The van der Waals surface area contributed by atoms with E-state index in [1.165, 1.54) is 11.8 Å². The fourth-order valence-corrected chi connectivity index (χ4v) is 2.57. The lowest BCUT2D eigenvalue weighted by Crippen LogP contribution is -2.54. The Morgan fingerprint density at radius 1 is 1.46 bits per heavy atom. The van der Waals surface area contributed by atoms with E-state index in [0.29, 0.717) is 17.9 Å². The topological polar surface area (TPSA) is 95.2 Å². The minimum absolute atomic E-state index is 0.153. The van der Waals surface area contributed by atoms with Gasteiger partial charge >= 0.3 is 0 Å². The number of Topliss-reactive ketones (excluding diaryl/α,β-unsaturated/α-hetero) is 1. The van der Waals surface area contributed by atoms with Crippen molar-refractivity contribution in [3.63, 3.8) is 0 Å². The predicted octanol–water partition coefficient (Wildman–Crippen LogP) is 0.802. The average Bonchev–Trinajstić information content (AvgIpc) is 3.02. The molecule has 1 aromatic rings. The molecule has 2 heterocycles. The fraction of sp³-hybridized carbons (Fsp3) is 0.412. The van der Waals surface area contributed by atoms with Crippen LogP contribution >= 0.6 is 0 Å². The third-order valence-corrected chi connectivity index (χ3v) is 4.16. The van der Waals surface area contributed by atoms with Crippen LogP contribution in [0.4, 0.5) is 0 Å². The Morgan fingerprint density at radius 3 is 2.75 bits per heavy atom. The predicted molar refractivity (Wildman–Crippen MR) is 90.0 cm³/mol. The Balaban J connectivity index is 2.36. The first-order valence-corrected chi connectivity index (χ1v) is 7.67. The maximum atomic E-state index is 11.7. The lowest BCUT2D eigenvalue weighted by atomic mass is 9.88. The van der Waals surface area contributed by atoms with E-state index >= 15 is 0 Å². The number of hydrogen-bond donors (Lipinski definition) is 2. The molecule has 1 amide bonds. The van der Waals surface area contributed by atoms with Crippen LogP contribution in [-0.4, -0.2) is 52.0 Å². The highest BCUT2D eigenvalue weighted by Gasteiger charge is 2.29. The molecule has 0 aliphatic carbocycles. The number of allylic oxidation sites excluding steroid dienone is 1. The molecule has 1 fully saturated rings. The molecule has 7 nitrogen and oxygen atoms in total. The van der Waals surface area contributed by atoms with Crippen molar-refractivity contribution in [2.75, 3.05) is 13.1 Å². The van der Waals surface area contributed by atoms with Gasteiger partial charge in [-0.05, 0) is 6.08 Å². The van der Waals surface area contributed by atoms with Crippen LogP contribution < -0.4 is 5.32 Å². The van der Waals surface area contributed by atoms with Gasteiger partial charge in [0.15, 0.2) is 6.29 Å². The van der Waals surface area contributed by atoms with E-state index in [-0.39, 0.29) is 24.2 Å². The number of aldehydes is 1. The first-order valence-electron chi connectivity index (χ1n) is 7.67. The van der Waals surface area contributed by atoms with Crippen molar-refractivity contribution in [2.24, 2.45) is 0 Å². The van der Waals surface area contributed by atoms with Crippen molar-refractivity contribution in [1.82, 2.24) is 20.2 Å². The molecule has 7 heteroatoms. The number of ketones is 1. The number of aromatic nitrogens is 2. The largest absolute Gasteiger partial charge is 0.375 e. The molecule has 0 radical (unpaired) electrons. The lowest BCUT2D eigenvalue weighted by Gasteiger charge is -2.34. The molecule has 24 heavy (non-hydrogen) atoms. The third-order valence-electron chi connectivity index (χ3n) is 4.16. The molecule has 1 aliphatic heterocycles. The van der Waals surface area contributed by atoms with Gasteiger partial charge in [0.05, 0.1) is 24.3 Å². The summed E-state index contributed by atoms with van der Waals surface area (Å²) in [5.41, 5.74) is 1.93. The molecule has 0 spiro atoms. The quantitative estimate of drug-likeness (QED) is 0.473. The number of carbonyl (C=O) groups excluding carboxylic acids is 3. The number of imidazole rings is 1. The Bertz CT molecular complexity index is 702. The van der Waals surface area contributed by atoms with E-state index in [0.717, 1.165) is 5.69 Å². The number of piperazine rings is 1. The summed E-state index contributed by atoms with van der Waals surface area (Å²) in [5, 5.41) is 3.03. The summed E-state index contributed by atoms with van der Waals surface area (Å²) in [6, 6.07) is -0.735. The number of carbonyl (C=O) groups is 3. The first-order chi connectivity index (χ1) is 11.3. The first kappa shape index (κ1) is 17.7. The Labute approximate surface area is 140 Å². The molecule has 0 saturated carbocycles. The van der Waals surface area contributed by atoms with Gasteiger partial charge in [0.1, 0.15) is 6.04 Å². The molecule has 1 saturated heterocycles. The zero-order valence-corrected chi connectivity index (χ0v) is 14.1. The van der Waals surface area contributed by atoms with Gasteiger partial charge in [-0.2, -0.15) is 0 Å². The highest BCUT2D eigenvalue weighted by molar-refractivity contribution is 6.27. The van der Waals surface area contributed by atoms with Crippen LogP contribution in [0.3, 0.4) is 0 Å². The summed E-state index contributed by atoms with van der Waals surface area (Å²) < 4.78 is 0. The van der Waals surface area contributed by atoms with Gasteiger partial charge < -0.3 is 15.2 Å². The van der Waals surface area contributed by atoms with Crippen LogP contribution in [0.5, 0.6) is 0 Å². The van der Waals surface area contributed by atoms with E-state index in [9.17, 15) is 14.4 Å². The van der Waals surface area contributed by atoms with Crippen molar-refractivity contribution in [3.8, 4) is 0 Å². The van der Waals surface area contributed by atoms with Crippen LogP contribution in [0.1, 0.15) is 32.2 Å². The van der Waals surface area contributed by atoms with Gasteiger partial charge in [-0.1, -0.05) is 19.9 Å². The van der Waals surface area contributed by atoms with Crippen LogP contribution in [0.25, 0.3) is 6.08 Å². The Morgan fingerprint density at radius 2 is 2.17 bits per heavy atom. The van der Waals surface area contributed by atoms with Gasteiger partial charge in [-0.25, -0.2) is 4.98 Å². The maximum Gasteiger partial charge on any atom is 0.219 e. The van der Waals surface area contributed by atoms with Crippen molar-refractivity contribution in [2.45, 2.75) is 32.2 Å². The van der Waals surface area contributed by atoms with Crippen molar-refractivity contribution in [1.29, 1.82) is 0 Å². The standard InChI is InChI=1S/C17H22N4O3/c1-5-17(3,4)16-13(18-10-19-16)6-12-7-21(11(2)23)8-14(20-12)15(24)9-22/h5-6,9-10,14,20H,1,7-8H2,2-4H3,(H,18,19). The van der Waals surface area contributed by atoms with E-state index in [4.69, 9.17) is 0 Å². The average molecular weight is 330 g/mol. The van der Waals surface area contributed by atoms with Crippen molar-refractivity contribution in [3.05, 3.63) is 36.1 Å². The number of nitrogens with zero attached hydrogens (tertiary/aromatic N) is 2. The summed E-state index contributed by atoms with van der Waals surface area (Å²) >= 11 is 0. The number of H-pyrrole nitrogens is 1. The highest BCUT2D eigenvalue weighted by atomic mass is 16.2. The van der Waals surface area contributed by atoms with Crippen molar-refractivity contribution < 1.29 is 14.4 Å². The summed E-state index contributed by atoms with van der Waals surface area (Å²) in [6.45, 7) is 9.79. The van der Waals surface area contributed by atoms with Crippen LogP contribution in [0.2, 0.25) is 0 Å². The summed E-state index contributed by atoms with van der Waals surface area (Å²) in [6.07, 6.45) is 5.47. The minimum Gasteiger partial charge on any atom is -0.375 e. The molecule has 128 valence electrons. The summed E-state index contributed by atoms with van der Waals surface area (Å²) in [5.74, 6) is -0.736. The molecule has 2 N–H and O–H groups in total. The molecule has 1 aromatic heterocycles. The van der Waals surface area contributed by atoms with E-state index in [1.807, 2.05) is 19.9 Å². The molecule has 1 unspecified atom stereocenters. The Kier molecular flexibility index (Phi) is 5.02. The van der Waals surface area contributed by atoms with Crippen LogP contribution in [-0.2, 0) is 19.8 Å². The van der Waals surface area contributed by atoms with Crippen LogP contribution in [0, 0.1) is 0 Å². The van der Waals surface area contributed by atoms with Gasteiger partial charge in [0.2, 0.25) is 11.7 Å². The molecular formula is C17H22N4O3. The summed E-state index contributed by atoms with van der Waals surface area (Å²) in [4.78, 5) is 43.2. The zero-order chi connectivity index (χ0) is 17.9. The monoisotopic (exact) mass is 330 g/mol. The van der Waals surface area contributed by atoms with Gasteiger partial charge in [-0.15, -0.1) is 6.58 Å². The van der Waals surface area contributed by atoms with E-state index in [1.54, 1.807) is 12.4 Å². The molecule has 0 bridgehead atoms. The molecule has 2 rings (SSSR count). The smallest absolute Gasteiger partial charge is 0.219 e. The van der Waals surface area contributed by atoms with Gasteiger partial charge in [0.25, 0.3) is 0 Å². The molecular weight excluding hydrogens is 308 g/mol. The van der Waals surface area contributed by atoms with Crippen LogP contribution in [0.15, 0.2) is 24.7 Å². The molecule has 1 atom stereocenters. The SMILES string of the molecule is C=CC(C)(C)c1[nH]cnc1C=C1CN(C(C)=O)CC(C(=O)C=O)N1. The number of hydrogen-bond acceptors (Lipinski definition) is 5. The normalized spacial score (nSPS) is 19.7. The van der Waals surface area contributed by atoms with Gasteiger partial charge in [0, 0.05) is 24.6 Å². The second kappa shape index (κ2) is 6.82. The zero-order valence-electron chi connectivity index (χ0n) is 14.1. The summed E-state index contributed by atoms with van der Waals surface area (Å²) in [7, 11) is 0. The number of aromatic amines is 1. The third kappa shape index (κ3) is 3.61. The second-order valence-electron chi connectivity index (χ2n) is 6.37. The fourth-order valence-electron chi connectivity index (χ4n) is 2.57.